The second-order valence-corrected chi connectivity index (χ2v) is 4.54. The summed E-state index contributed by atoms with van der Waals surface area (Å²) in [4.78, 5) is 8.99. The van der Waals surface area contributed by atoms with E-state index in [9.17, 15) is 0 Å². The fourth-order valence-electron chi connectivity index (χ4n) is 2.17. The minimum absolute atomic E-state index is 0.835. The first kappa shape index (κ1) is 11.7. The number of fused-ring (bicyclic) bond motifs is 1. The third-order valence-electron chi connectivity index (χ3n) is 3.24. The molecule has 0 radical (unpaired) electrons. The van der Waals surface area contributed by atoms with Crippen LogP contribution in [-0.4, -0.2) is 21.5 Å². The second kappa shape index (κ2) is 4.39. The van der Waals surface area contributed by atoms with Crippen molar-refractivity contribution in [2.75, 3.05) is 7.11 Å². The highest BCUT2D eigenvalue weighted by Crippen LogP contribution is 2.24. The normalized spacial score (nSPS) is 10.9. The summed E-state index contributed by atoms with van der Waals surface area (Å²) >= 11 is 0. The molecule has 4 nitrogen and oxygen atoms in total. The highest BCUT2D eigenvalue weighted by molar-refractivity contribution is 5.64. The van der Waals surface area contributed by atoms with Gasteiger partial charge in [-0.05, 0) is 32.0 Å². The van der Waals surface area contributed by atoms with Crippen molar-refractivity contribution in [1.82, 2.24) is 14.4 Å². The van der Waals surface area contributed by atoms with Gasteiger partial charge in [-0.2, -0.15) is 0 Å². The van der Waals surface area contributed by atoms with Crippen LogP contribution in [0.1, 0.15) is 11.4 Å². The van der Waals surface area contributed by atoms with Crippen molar-refractivity contribution < 1.29 is 4.74 Å². The van der Waals surface area contributed by atoms with E-state index in [0.29, 0.717) is 0 Å². The predicted molar refractivity (Wildman–Crippen MR) is 74.4 cm³/mol. The van der Waals surface area contributed by atoms with Crippen molar-refractivity contribution in [3.8, 4) is 17.0 Å². The zero-order valence-corrected chi connectivity index (χ0v) is 11.2. The van der Waals surface area contributed by atoms with Gasteiger partial charge < -0.3 is 4.74 Å². The summed E-state index contributed by atoms with van der Waals surface area (Å²) in [5.74, 6) is 0.835. The van der Waals surface area contributed by atoms with Gasteiger partial charge in [0.25, 0.3) is 0 Å². The number of hydrogen-bond donors (Lipinski definition) is 0. The minimum atomic E-state index is 0.835. The molecule has 3 aromatic rings. The van der Waals surface area contributed by atoms with Gasteiger partial charge in [-0.3, -0.25) is 4.40 Å². The lowest BCUT2D eigenvalue weighted by molar-refractivity contribution is 0.415. The molecule has 0 bridgehead atoms. The zero-order chi connectivity index (χ0) is 13.4. The Morgan fingerprint density at radius 3 is 2.79 bits per heavy atom. The molecule has 96 valence electrons. The number of aromatic nitrogens is 3. The molecule has 3 rings (SSSR count). The molecule has 0 aliphatic carbocycles. The first-order chi connectivity index (χ1) is 9.19. The average molecular weight is 253 g/mol. The average Bonchev–Trinajstić information content (AvgIpc) is 2.81. The maximum absolute atomic E-state index is 5.26. The molecule has 0 saturated carbocycles. The Kier molecular flexibility index (Phi) is 2.71. The summed E-state index contributed by atoms with van der Waals surface area (Å²) in [5.41, 5.74) is 4.94. The summed E-state index contributed by atoms with van der Waals surface area (Å²) in [6.45, 7) is 4.02. The van der Waals surface area contributed by atoms with Gasteiger partial charge >= 0.3 is 0 Å². The third-order valence-corrected chi connectivity index (χ3v) is 3.24. The standard InChI is InChI=1S/C15H15N3O/c1-10-7-14(12-5-4-6-13(8-12)19-3)17-15-11(2)16-9-18(10)15/h4-9H,1-3H3. The second-order valence-electron chi connectivity index (χ2n) is 4.54. The summed E-state index contributed by atoms with van der Waals surface area (Å²) in [6.07, 6.45) is 1.81. The van der Waals surface area contributed by atoms with Crippen molar-refractivity contribution >= 4 is 5.65 Å². The quantitative estimate of drug-likeness (QED) is 0.704. The Balaban J connectivity index is 2.21. The Morgan fingerprint density at radius 1 is 1.16 bits per heavy atom. The van der Waals surface area contributed by atoms with Gasteiger partial charge in [-0.15, -0.1) is 0 Å². The fraction of sp³-hybridized carbons (Fsp3) is 0.200. The van der Waals surface area contributed by atoms with Gasteiger partial charge in [0.05, 0.1) is 18.5 Å². The largest absolute Gasteiger partial charge is 0.497 e. The third kappa shape index (κ3) is 1.95. The van der Waals surface area contributed by atoms with E-state index in [1.54, 1.807) is 7.11 Å². The number of imidazole rings is 1. The molecule has 0 aliphatic rings. The lowest BCUT2D eigenvalue weighted by Crippen LogP contribution is -1.96. The lowest BCUT2D eigenvalue weighted by Gasteiger charge is -2.07. The van der Waals surface area contributed by atoms with Gasteiger partial charge in [-0.1, -0.05) is 12.1 Å². The van der Waals surface area contributed by atoms with Crippen LogP contribution in [0.5, 0.6) is 5.75 Å². The first-order valence-corrected chi connectivity index (χ1v) is 6.15. The molecular formula is C15H15N3O. The molecular weight excluding hydrogens is 238 g/mol. The SMILES string of the molecule is COc1cccc(-c2cc(C)n3cnc(C)c3n2)c1. The van der Waals surface area contributed by atoms with Gasteiger partial charge in [0.2, 0.25) is 0 Å². The maximum atomic E-state index is 5.26. The van der Waals surface area contributed by atoms with E-state index in [1.807, 2.05) is 41.9 Å². The van der Waals surface area contributed by atoms with Gasteiger partial charge in [0.1, 0.15) is 12.1 Å². The minimum Gasteiger partial charge on any atom is -0.497 e. The molecule has 0 spiro atoms. The highest BCUT2D eigenvalue weighted by Gasteiger charge is 2.08. The van der Waals surface area contributed by atoms with Crippen LogP contribution in [0.25, 0.3) is 16.9 Å². The number of ether oxygens (including phenoxy) is 1. The number of hydrogen-bond acceptors (Lipinski definition) is 3. The van der Waals surface area contributed by atoms with E-state index in [0.717, 1.165) is 34.0 Å². The predicted octanol–water partition coefficient (Wildman–Crippen LogP) is 3.02. The van der Waals surface area contributed by atoms with E-state index in [-0.39, 0.29) is 0 Å². The van der Waals surface area contributed by atoms with Crippen molar-refractivity contribution in [3.63, 3.8) is 0 Å². The van der Waals surface area contributed by atoms with Crippen LogP contribution >= 0.6 is 0 Å². The smallest absolute Gasteiger partial charge is 0.160 e. The number of nitrogens with zero attached hydrogens (tertiary/aromatic N) is 3. The summed E-state index contributed by atoms with van der Waals surface area (Å²) in [7, 11) is 1.67. The van der Waals surface area contributed by atoms with Crippen molar-refractivity contribution in [2.45, 2.75) is 13.8 Å². The van der Waals surface area contributed by atoms with E-state index < -0.39 is 0 Å². The number of methoxy groups -OCH3 is 1. The molecule has 0 fully saturated rings. The summed E-state index contributed by atoms with van der Waals surface area (Å²) < 4.78 is 7.26. The molecule has 0 unspecified atom stereocenters. The van der Waals surface area contributed by atoms with Crippen LogP contribution < -0.4 is 4.74 Å². The van der Waals surface area contributed by atoms with E-state index in [1.165, 1.54) is 0 Å². The van der Waals surface area contributed by atoms with Crippen LogP contribution in [-0.2, 0) is 0 Å². The molecule has 2 heterocycles. The Hall–Kier alpha value is -2.36. The molecule has 0 N–H and O–H groups in total. The fourth-order valence-corrected chi connectivity index (χ4v) is 2.17. The molecule has 0 atom stereocenters. The van der Waals surface area contributed by atoms with Gasteiger partial charge in [0, 0.05) is 11.3 Å². The zero-order valence-electron chi connectivity index (χ0n) is 11.2. The molecule has 4 heteroatoms. The summed E-state index contributed by atoms with van der Waals surface area (Å²) in [6, 6.07) is 9.98. The molecule has 1 aromatic carbocycles. The molecule has 19 heavy (non-hydrogen) atoms. The maximum Gasteiger partial charge on any atom is 0.160 e. The topological polar surface area (TPSA) is 39.4 Å². The van der Waals surface area contributed by atoms with Gasteiger partial charge in [0.15, 0.2) is 5.65 Å². The lowest BCUT2D eigenvalue weighted by atomic mass is 10.1. The number of aryl methyl sites for hydroxylation is 2. The summed E-state index contributed by atoms with van der Waals surface area (Å²) in [5, 5.41) is 0. The van der Waals surface area contributed by atoms with Crippen LogP contribution in [0.4, 0.5) is 0 Å². The Bertz CT molecular complexity index is 746. The van der Waals surface area contributed by atoms with Crippen molar-refractivity contribution in [2.24, 2.45) is 0 Å². The monoisotopic (exact) mass is 253 g/mol. The highest BCUT2D eigenvalue weighted by atomic mass is 16.5. The van der Waals surface area contributed by atoms with Crippen LogP contribution in [0.2, 0.25) is 0 Å². The van der Waals surface area contributed by atoms with Crippen LogP contribution in [0.15, 0.2) is 36.7 Å². The Labute approximate surface area is 111 Å². The number of rotatable bonds is 2. The van der Waals surface area contributed by atoms with E-state index in [2.05, 4.69) is 23.0 Å². The molecule has 2 aromatic heterocycles. The van der Waals surface area contributed by atoms with Crippen molar-refractivity contribution in [1.29, 1.82) is 0 Å². The van der Waals surface area contributed by atoms with Crippen LogP contribution in [0, 0.1) is 13.8 Å². The number of benzene rings is 1. The molecule has 0 amide bonds. The van der Waals surface area contributed by atoms with Crippen molar-refractivity contribution in [3.05, 3.63) is 48.0 Å². The van der Waals surface area contributed by atoms with Crippen LogP contribution in [0.3, 0.4) is 0 Å². The molecule has 0 aliphatic heterocycles. The Morgan fingerprint density at radius 2 is 2.00 bits per heavy atom. The van der Waals surface area contributed by atoms with E-state index in [4.69, 9.17) is 4.74 Å². The first-order valence-electron chi connectivity index (χ1n) is 6.15. The van der Waals surface area contributed by atoms with E-state index >= 15 is 0 Å². The van der Waals surface area contributed by atoms with Gasteiger partial charge in [-0.25, -0.2) is 9.97 Å². The molecule has 0 saturated heterocycles.